The van der Waals surface area contributed by atoms with Crippen LogP contribution in [-0.2, 0) is 9.47 Å². The Kier molecular flexibility index (Phi) is 4.45. The van der Waals surface area contributed by atoms with Crippen molar-refractivity contribution >= 4 is 0 Å². The summed E-state index contributed by atoms with van der Waals surface area (Å²) in [4.78, 5) is 0. The summed E-state index contributed by atoms with van der Waals surface area (Å²) in [6, 6.07) is 0. The first-order valence-corrected chi connectivity index (χ1v) is 8.31. The second-order valence-corrected chi connectivity index (χ2v) is 6.81. The molecule has 110 valence electrons. The van der Waals surface area contributed by atoms with Gasteiger partial charge in [-0.15, -0.1) is 0 Å². The lowest BCUT2D eigenvalue weighted by molar-refractivity contribution is -0.163. The van der Waals surface area contributed by atoms with Crippen LogP contribution in [0.5, 0.6) is 0 Å². The predicted molar refractivity (Wildman–Crippen MR) is 76.1 cm³/mol. The highest BCUT2D eigenvalue weighted by Gasteiger charge is 2.40. The van der Waals surface area contributed by atoms with E-state index in [1.165, 1.54) is 51.4 Å². The fourth-order valence-electron chi connectivity index (χ4n) is 4.34. The quantitative estimate of drug-likeness (QED) is 0.855. The number of ether oxygens (including phenoxy) is 2. The average molecular weight is 267 g/mol. The minimum Gasteiger partial charge on any atom is -0.375 e. The second-order valence-electron chi connectivity index (χ2n) is 6.81. The Morgan fingerprint density at radius 1 is 1.05 bits per heavy atom. The van der Waals surface area contributed by atoms with E-state index < -0.39 is 0 Å². The summed E-state index contributed by atoms with van der Waals surface area (Å²) in [5.74, 6) is 0.602. The van der Waals surface area contributed by atoms with Gasteiger partial charge in [0, 0.05) is 13.0 Å². The maximum atomic E-state index is 6.42. The number of nitrogens with two attached hydrogens (primary N) is 1. The molecule has 3 fully saturated rings. The van der Waals surface area contributed by atoms with Crippen LogP contribution in [0, 0.1) is 5.92 Å². The molecule has 1 aliphatic heterocycles. The standard InChI is InChI=1S/C16H29NO2/c17-12-13-5-4-6-15(13)19-14-7-10-18-16(11-14)8-2-1-3-9-16/h13-15H,1-12,17H2. The third-order valence-corrected chi connectivity index (χ3v) is 5.47. The minimum absolute atomic E-state index is 0.165. The molecule has 1 heterocycles. The van der Waals surface area contributed by atoms with Gasteiger partial charge >= 0.3 is 0 Å². The zero-order valence-corrected chi connectivity index (χ0v) is 12.1. The van der Waals surface area contributed by atoms with Gasteiger partial charge < -0.3 is 15.2 Å². The molecule has 0 aromatic rings. The van der Waals surface area contributed by atoms with Crippen molar-refractivity contribution in [2.45, 2.75) is 82.0 Å². The largest absolute Gasteiger partial charge is 0.375 e. The van der Waals surface area contributed by atoms with Crippen LogP contribution in [0.2, 0.25) is 0 Å². The minimum atomic E-state index is 0.165. The van der Waals surface area contributed by atoms with Crippen molar-refractivity contribution in [2.75, 3.05) is 13.2 Å². The van der Waals surface area contributed by atoms with Crippen molar-refractivity contribution in [1.82, 2.24) is 0 Å². The van der Waals surface area contributed by atoms with Crippen LogP contribution in [0.1, 0.15) is 64.2 Å². The van der Waals surface area contributed by atoms with Gasteiger partial charge in [0.05, 0.1) is 17.8 Å². The maximum Gasteiger partial charge on any atom is 0.0707 e. The van der Waals surface area contributed by atoms with E-state index in [1.54, 1.807) is 0 Å². The van der Waals surface area contributed by atoms with Crippen LogP contribution in [0.3, 0.4) is 0 Å². The number of hydrogen-bond donors (Lipinski definition) is 1. The molecule has 0 radical (unpaired) electrons. The highest BCUT2D eigenvalue weighted by Crippen LogP contribution is 2.40. The molecule has 0 aromatic carbocycles. The molecular weight excluding hydrogens is 238 g/mol. The normalized spacial score (nSPS) is 38.7. The summed E-state index contributed by atoms with van der Waals surface area (Å²) >= 11 is 0. The molecule has 3 nitrogen and oxygen atoms in total. The van der Waals surface area contributed by atoms with E-state index in [0.29, 0.717) is 18.1 Å². The lowest BCUT2D eigenvalue weighted by Crippen LogP contribution is -2.45. The second kappa shape index (κ2) is 6.11. The molecule has 19 heavy (non-hydrogen) atoms. The smallest absolute Gasteiger partial charge is 0.0707 e. The Morgan fingerprint density at radius 3 is 2.68 bits per heavy atom. The number of rotatable bonds is 3. The van der Waals surface area contributed by atoms with Crippen molar-refractivity contribution in [3.8, 4) is 0 Å². The van der Waals surface area contributed by atoms with Crippen molar-refractivity contribution in [2.24, 2.45) is 11.7 Å². The van der Waals surface area contributed by atoms with Gasteiger partial charge in [0.25, 0.3) is 0 Å². The molecule has 0 amide bonds. The summed E-state index contributed by atoms with van der Waals surface area (Å²) in [5, 5.41) is 0. The lowest BCUT2D eigenvalue weighted by atomic mass is 9.79. The van der Waals surface area contributed by atoms with E-state index >= 15 is 0 Å². The lowest BCUT2D eigenvalue weighted by Gasteiger charge is -2.44. The van der Waals surface area contributed by atoms with Crippen molar-refractivity contribution in [1.29, 1.82) is 0 Å². The van der Waals surface area contributed by atoms with E-state index in [2.05, 4.69) is 0 Å². The van der Waals surface area contributed by atoms with Crippen LogP contribution in [0.25, 0.3) is 0 Å². The molecule has 3 aliphatic rings. The van der Waals surface area contributed by atoms with Gasteiger partial charge in [-0.3, -0.25) is 0 Å². The summed E-state index contributed by atoms with van der Waals surface area (Å²) in [6.07, 6.45) is 13.4. The number of hydrogen-bond acceptors (Lipinski definition) is 3. The van der Waals surface area contributed by atoms with Gasteiger partial charge in [0.1, 0.15) is 0 Å². The molecule has 3 heteroatoms. The average Bonchev–Trinajstić information content (AvgIpc) is 2.87. The first-order chi connectivity index (χ1) is 9.31. The molecule has 1 spiro atoms. The SMILES string of the molecule is NCC1CCCC1OC1CCOC2(CCCCC2)C1. The summed E-state index contributed by atoms with van der Waals surface area (Å²) in [5.41, 5.74) is 6.03. The van der Waals surface area contributed by atoms with E-state index in [0.717, 1.165) is 26.0 Å². The Labute approximate surface area is 117 Å². The molecule has 2 N–H and O–H groups in total. The van der Waals surface area contributed by atoms with Crippen LogP contribution < -0.4 is 5.73 Å². The molecule has 0 aromatic heterocycles. The Bertz CT molecular complexity index is 283. The third kappa shape index (κ3) is 3.14. The molecule has 2 aliphatic carbocycles. The fraction of sp³-hybridized carbons (Fsp3) is 1.00. The Hall–Kier alpha value is -0.120. The Morgan fingerprint density at radius 2 is 1.89 bits per heavy atom. The van der Waals surface area contributed by atoms with Crippen molar-refractivity contribution in [3.05, 3.63) is 0 Å². The summed E-state index contributed by atoms with van der Waals surface area (Å²) in [6.45, 7) is 1.68. The van der Waals surface area contributed by atoms with Gasteiger partial charge in [0.2, 0.25) is 0 Å². The van der Waals surface area contributed by atoms with Gasteiger partial charge in [0.15, 0.2) is 0 Å². The first kappa shape index (κ1) is 13.8. The monoisotopic (exact) mass is 267 g/mol. The maximum absolute atomic E-state index is 6.42. The first-order valence-electron chi connectivity index (χ1n) is 8.31. The molecule has 3 unspecified atom stereocenters. The fourth-order valence-corrected chi connectivity index (χ4v) is 4.34. The highest BCUT2D eigenvalue weighted by molar-refractivity contribution is 4.91. The van der Waals surface area contributed by atoms with Crippen LogP contribution in [0.4, 0.5) is 0 Å². The molecule has 3 atom stereocenters. The summed E-state index contributed by atoms with van der Waals surface area (Å²) < 4.78 is 12.6. The predicted octanol–water partition coefficient (Wildman–Crippen LogP) is 3.01. The van der Waals surface area contributed by atoms with Crippen molar-refractivity contribution < 1.29 is 9.47 Å². The topological polar surface area (TPSA) is 44.5 Å². The summed E-state index contributed by atoms with van der Waals surface area (Å²) in [7, 11) is 0. The van der Waals surface area contributed by atoms with E-state index in [-0.39, 0.29) is 5.60 Å². The zero-order chi connectivity index (χ0) is 13.1. The molecule has 0 bridgehead atoms. The Balaban J connectivity index is 1.56. The third-order valence-electron chi connectivity index (χ3n) is 5.47. The highest BCUT2D eigenvalue weighted by atomic mass is 16.5. The molecule has 3 rings (SSSR count). The van der Waals surface area contributed by atoms with E-state index in [9.17, 15) is 0 Å². The van der Waals surface area contributed by atoms with E-state index in [1.807, 2.05) is 0 Å². The van der Waals surface area contributed by atoms with Gasteiger partial charge in [-0.1, -0.05) is 25.7 Å². The van der Waals surface area contributed by atoms with Gasteiger partial charge in [-0.2, -0.15) is 0 Å². The molecule has 2 saturated carbocycles. The molecular formula is C16H29NO2. The van der Waals surface area contributed by atoms with E-state index in [4.69, 9.17) is 15.2 Å². The zero-order valence-electron chi connectivity index (χ0n) is 12.1. The van der Waals surface area contributed by atoms with Crippen LogP contribution in [-0.4, -0.2) is 31.0 Å². The van der Waals surface area contributed by atoms with Crippen molar-refractivity contribution in [3.63, 3.8) is 0 Å². The molecule has 1 saturated heterocycles. The van der Waals surface area contributed by atoms with Gasteiger partial charge in [-0.25, -0.2) is 0 Å². The van der Waals surface area contributed by atoms with Gasteiger partial charge in [-0.05, 0) is 44.6 Å². The van der Waals surface area contributed by atoms with Crippen LogP contribution >= 0.6 is 0 Å². The van der Waals surface area contributed by atoms with Crippen LogP contribution in [0.15, 0.2) is 0 Å².